The number of hydrogen-bond acceptors (Lipinski definition) is 4. The molecule has 1 aliphatic carbocycles. The fourth-order valence-corrected chi connectivity index (χ4v) is 3.78. The number of aromatic nitrogens is 3. The molecule has 1 aliphatic rings. The second kappa shape index (κ2) is 7.48. The van der Waals surface area contributed by atoms with Crippen LogP contribution in [0.2, 0.25) is 0 Å². The molecule has 0 bridgehead atoms. The quantitative estimate of drug-likeness (QED) is 0.731. The highest BCUT2D eigenvalue weighted by atomic mass is 16.1. The zero-order valence-electron chi connectivity index (χ0n) is 15.9. The first-order chi connectivity index (χ1) is 13.2. The molecule has 0 spiro atoms. The van der Waals surface area contributed by atoms with Crippen molar-refractivity contribution >= 4 is 11.6 Å². The molecule has 0 atom stereocenters. The Kier molecular flexibility index (Phi) is 4.90. The van der Waals surface area contributed by atoms with Crippen molar-refractivity contribution in [2.45, 2.75) is 39.3 Å². The summed E-state index contributed by atoms with van der Waals surface area (Å²) in [6.07, 6.45) is 7.17. The van der Waals surface area contributed by atoms with Crippen LogP contribution in [0.25, 0.3) is 5.65 Å². The third-order valence-corrected chi connectivity index (χ3v) is 5.34. The summed E-state index contributed by atoms with van der Waals surface area (Å²) in [6, 6.07) is 8.50. The van der Waals surface area contributed by atoms with Crippen molar-refractivity contribution in [3.8, 4) is 0 Å². The van der Waals surface area contributed by atoms with E-state index in [1.54, 1.807) is 10.7 Å². The summed E-state index contributed by atoms with van der Waals surface area (Å²) < 4.78 is 1.71. The van der Waals surface area contributed by atoms with Crippen molar-refractivity contribution in [1.82, 2.24) is 24.8 Å². The zero-order chi connectivity index (χ0) is 18.8. The normalized spacial score (nSPS) is 14.0. The van der Waals surface area contributed by atoms with Crippen LogP contribution in [-0.2, 0) is 19.4 Å². The minimum absolute atomic E-state index is 0.105. The van der Waals surface area contributed by atoms with Crippen LogP contribution in [0.5, 0.6) is 0 Å². The minimum Gasteiger partial charge on any atom is -0.348 e. The molecule has 0 unspecified atom stereocenters. The molecule has 0 fully saturated rings. The summed E-state index contributed by atoms with van der Waals surface area (Å²) in [4.78, 5) is 19.6. The van der Waals surface area contributed by atoms with Gasteiger partial charge in [-0.15, -0.1) is 0 Å². The van der Waals surface area contributed by atoms with Crippen molar-refractivity contribution in [3.05, 3.63) is 65.1 Å². The standard InChI is InChI=1S/C21H25N5O/c1-3-25(4-2)13-15-11-22-20-19(12-23-26(20)14-15)21(27)24-18-9-16-7-5-6-8-17(16)10-18/h5-8,11-12,14,18H,3-4,9-10,13H2,1-2H3,(H,24,27). The highest BCUT2D eigenvalue weighted by Crippen LogP contribution is 2.22. The van der Waals surface area contributed by atoms with Crippen molar-refractivity contribution in [3.63, 3.8) is 0 Å². The first kappa shape index (κ1) is 17.7. The van der Waals surface area contributed by atoms with E-state index in [2.05, 4.69) is 46.3 Å². The van der Waals surface area contributed by atoms with E-state index in [-0.39, 0.29) is 11.9 Å². The molecule has 1 amide bonds. The molecule has 0 saturated heterocycles. The van der Waals surface area contributed by atoms with E-state index >= 15 is 0 Å². The molecule has 6 nitrogen and oxygen atoms in total. The lowest BCUT2D eigenvalue weighted by molar-refractivity contribution is 0.0940. The summed E-state index contributed by atoms with van der Waals surface area (Å²) in [7, 11) is 0. The van der Waals surface area contributed by atoms with E-state index in [9.17, 15) is 4.79 Å². The Morgan fingerprint density at radius 3 is 2.56 bits per heavy atom. The summed E-state index contributed by atoms with van der Waals surface area (Å²) in [6.45, 7) is 7.11. The molecular formula is C21H25N5O. The minimum atomic E-state index is -0.105. The first-order valence-electron chi connectivity index (χ1n) is 9.60. The van der Waals surface area contributed by atoms with Gasteiger partial charge in [-0.05, 0) is 37.1 Å². The number of nitrogens with one attached hydrogen (secondary N) is 1. The van der Waals surface area contributed by atoms with Crippen LogP contribution in [0.4, 0.5) is 0 Å². The maximum absolute atomic E-state index is 12.8. The smallest absolute Gasteiger partial charge is 0.257 e. The molecule has 0 saturated carbocycles. The van der Waals surface area contributed by atoms with Gasteiger partial charge in [-0.1, -0.05) is 38.1 Å². The number of nitrogens with zero attached hydrogens (tertiary/aromatic N) is 4. The van der Waals surface area contributed by atoms with Crippen LogP contribution in [0.15, 0.2) is 42.9 Å². The molecule has 0 aliphatic heterocycles. The molecule has 3 aromatic rings. The Hall–Kier alpha value is -2.73. The largest absolute Gasteiger partial charge is 0.348 e. The summed E-state index contributed by atoms with van der Waals surface area (Å²) in [5.74, 6) is -0.105. The Bertz CT molecular complexity index is 935. The molecule has 1 N–H and O–H groups in total. The molecule has 6 heteroatoms. The Morgan fingerprint density at radius 1 is 1.19 bits per heavy atom. The molecular weight excluding hydrogens is 338 g/mol. The van der Waals surface area contributed by atoms with E-state index in [0.717, 1.165) is 38.0 Å². The van der Waals surface area contributed by atoms with Gasteiger partial charge in [0.2, 0.25) is 0 Å². The van der Waals surface area contributed by atoms with Crippen LogP contribution in [-0.4, -0.2) is 44.5 Å². The number of benzene rings is 1. The van der Waals surface area contributed by atoms with Gasteiger partial charge in [-0.2, -0.15) is 5.10 Å². The van der Waals surface area contributed by atoms with Gasteiger partial charge in [-0.3, -0.25) is 9.69 Å². The van der Waals surface area contributed by atoms with Crippen molar-refractivity contribution in [2.24, 2.45) is 0 Å². The maximum Gasteiger partial charge on any atom is 0.257 e. The van der Waals surface area contributed by atoms with Crippen LogP contribution >= 0.6 is 0 Å². The highest BCUT2D eigenvalue weighted by Gasteiger charge is 2.24. The third-order valence-electron chi connectivity index (χ3n) is 5.34. The van der Waals surface area contributed by atoms with Gasteiger partial charge < -0.3 is 5.32 Å². The van der Waals surface area contributed by atoms with Crippen LogP contribution in [0.1, 0.15) is 40.9 Å². The Balaban J connectivity index is 1.48. The van der Waals surface area contributed by atoms with E-state index in [0.29, 0.717) is 11.2 Å². The topological polar surface area (TPSA) is 62.5 Å². The van der Waals surface area contributed by atoms with Gasteiger partial charge in [0.1, 0.15) is 5.56 Å². The van der Waals surface area contributed by atoms with Gasteiger partial charge in [0.05, 0.1) is 6.20 Å². The number of fused-ring (bicyclic) bond motifs is 2. The van der Waals surface area contributed by atoms with E-state index in [1.807, 2.05) is 24.5 Å². The number of rotatable bonds is 6. The average Bonchev–Trinajstić information content (AvgIpc) is 3.28. The van der Waals surface area contributed by atoms with Gasteiger partial charge in [0.15, 0.2) is 5.65 Å². The van der Waals surface area contributed by atoms with Crippen LogP contribution in [0.3, 0.4) is 0 Å². The number of amides is 1. The monoisotopic (exact) mass is 363 g/mol. The lowest BCUT2D eigenvalue weighted by atomic mass is 10.1. The summed E-state index contributed by atoms with van der Waals surface area (Å²) in [5.41, 5.74) is 4.86. The van der Waals surface area contributed by atoms with Crippen LogP contribution < -0.4 is 5.32 Å². The number of carbonyl (C=O) groups is 1. The maximum atomic E-state index is 12.8. The molecule has 140 valence electrons. The van der Waals surface area contributed by atoms with Gasteiger partial charge >= 0.3 is 0 Å². The molecule has 0 radical (unpaired) electrons. The summed E-state index contributed by atoms with van der Waals surface area (Å²) in [5, 5.41) is 7.49. The van der Waals surface area contributed by atoms with E-state index in [1.165, 1.54) is 11.1 Å². The van der Waals surface area contributed by atoms with Gasteiger partial charge in [-0.25, -0.2) is 9.50 Å². The van der Waals surface area contributed by atoms with Gasteiger partial charge in [0, 0.05) is 30.5 Å². The predicted molar refractivity (Wildman–Crippen MR) is 105 cm³/mol. The van der Waals surface area contributed by atoms with Crippen molar-refractivity contribution < 1.29 is 4.79 Å². The molecule has 4 rings (SSSR count). The lowest BCUT2D eigenvalue weighted by Crippen LogP contribution is -2.35. The van der Waals surface area contributed by atoms with Crippen molar-refractivity contribution in [1.29, 1.82) is 0 Å². The predicted octanol–water partition coefficient (Wildman–Crippen LogP) is 2.47. The van der Waals surface area contributed by atoms with E-state index < -0.39 is 0 Å². The fraction of sp³-hybridized carbons (Fsp3) is 0.381. The Labute approximate surface area is 159 Å². The highest BCUT2D eigenvalue weighted by molar-refractivity contribution is 5.99. The number of hydrogen-bond donors (Lipinski definition) is 1. The molecule has 1 aromatic carbocycles. The average molecular weight is 363 g/mol. The van der Waals surface area contributed by atoms with Crippen molar-refractivity contribution in [2.75, 3.05) is 13.1 Å². The first-order valence-corrected chi connectivity index (χ1v) is 9.60. The number of carbonyl (C=O) groups excluding carboxylic acids is 1. The lowest BCUT2D eigenvalue weighted by Gasteiger charge is -2.17. The second-order valence-corrected chi connectivity index (χ2v) is 7.10. The second-order valence-electron chi connectivity index (χ2n) is 7.10. The SMILES string of the molecule is CCN(CC)Cc1cnc2c(C(=O)NC3Cc4ccccc4C3)cnn2c1. The Morgan fingerprint density at radius 2 is 1.89 bits per heavy atom. The van der Waals surface area contributed by atoms with E-state index in [4.69, 9.17) is 0 Å². The molecule has 27 heavy (non-hydrogen) atoms. The fourth-order valence-electron chi connectivity index (χ4n) is 3.78. The molecule has 2 heterocycles. The molecule has 2 aromatic heterocycles. The summed E-state index contributed by atoms with van der Waals surface area (Å²) >= 11 is 0. The van der Waals surface area contributed by atoms with Crippen LogP contribution in [0, 0.1) is 0 Å². The third kappa shape index (κ3) is 3.57. The zero-order valence-corrected chi connectivity index (χ0v) is 15.9. The van der Waals surface area contributed by atoms with Gasteiger partial charge in [0.25, 0.3) is 5.91 Å².